The highest BCUT2D eigenvalue weighted by Crippen LogP contribution is 2.35. The molecule has 2 aliphatic heterocycles. The van der Waals surface area contributed by atoms with Gasteiger partial charge in [-0.3, -0.25) is 24.0 Å². The van der Waals surface area contributed by atoms with Crippen molar-refractivity contribution in [2.75, 3.05) is 26.2 Å². The topological polar surface area (TPSA) is 170 Å². The first kappa shape index (κ1) is 49.6. The van der Waals surface area contributed by atoms with E-state index in [0.717, 1.165) is 39.2 Å². The zero-order chi connectivity index (χ0) is 48.9. The lowest BCUT2D eigenvalue weighted by molar-refractivity contribution is -0.144. The first-order valence-corrected chi connectivity index (χ1v) is 23.7. The molecule has 3 heterocycles. The third kappa shape index (κ3) is 12.0. The zero-order valence-corrected chi connectivity index (χ0v) is 39.5. The molecule has 360 valence electrons. The van der Waals surface area contributed by atoms with Crippen molar-refractivity contribution >= 4 is 51.6 Å². The first-order valence-electron chi connectivity index (χ1n) is 22.8. The largest absolute Gasteiger partial charge is 0.457 e. The second-order valence-corrected chi connectivity index (χ2v) is 19.6. The van der Waals surface area contributed by atoms with Gasteiger partial charge in [0.1, 0.15) is 23.6 Å². The molecule has 2 fully saturated rings. The maximum Gasteiger partial charge on any atom is 0.416 e. The van der Waals surface area contributed by atoms with Crippen molar-refractivity contribution in [1.82, 2.24) is 30.7 Å². The molecule has 0 bridgehead atoms. The average molecular weight is 955 g/mol. The number of fused-ring (bicyclic) bond motifs is 1. The van der Waals surface area contributed by atoms with Crippen molar-refractivity contribution in [2.45, 2.75) is 97.1 Å². The van der Waals surface area contributed by atoms with Gasteiger partial charge in [-0.15, -0.1) is 11.3 Å². The van der Waals surface area contributed by atoms with Gasteiger partial charge >= 0.3 is 6.18 Å². The number of nitrogens with one attached hydrogen (secondary N) is 3. The van der Waals surface area contributed by atoms with Crippen molar-refractivity contribution in [3.8, 4) is 21.9 Å². The third-order valence-corrected chi connectivity index (χ3v) is 13.4. The number of aliphatic hydroxyl groups excluding tert-OH is 1. The molecule has 4 aromatic carbocycles. The molecule has 0 saturated carbocycles. The number of β-amino-alcohol motifs (C(OH)–C–C–N with tert-alkyl or cyclic N) is 1. The van der Waals surface area contributed by atoms with Crippen LogP contribution in [0.1, 0.15) is 93.0 Å². The van der Waals surface area contributed by atoms with Gasteiger partial charge in [0.15, 0.2) is 0 Å². The molecule has 2 saturated heterocycles. The second-order valence-electron chi connectivity index (χ2n) is 18.8. The molecular weight excluding hydrogens is 898 g/mol. The Labute approximate surface area is 397 Å². The van der Waals surface area contributed by atoms with Crippen LogP contribution in [0.5, 0.6) is 11.5 Å². The van der Waals surface area contributed by atoms with Gasteiger partial charge in [-0.05, 0) is 97.1 Å². The minimum absolute atomic E-state index is 0.0381. The number of aryl methyl sites for hydroxylation is 1. The van der Waals surface area contributed by atoms with E-state index in [1.807, 2.05) is 65.0 Å². The monoisotopic (exact) mass is 954 g/mol. The van der Waals surface area contributed by atoms with Crippen LogP contribution in [-0.2, 0) is 25.4 Å². The molecule has 0 spiro atoms. The Kier molecular flexibility index (Phi) is 15.2. The van der Waals surface area contributed by atoms with Crippen LogP contribution in [-0.4, -0.2) is 93.8 Å². The number of hydrogen-bond acceptors (Lipinski definition) is 9. The molecule has 13 nitrogen and oxygen atoms in total. The summed E-state index contributed by atoms with van der Waals surface area (Å²) >= 11 is 1.56. The Hall–Kier alpha value is -6.33. The van der Waals surface area contributed by atoms with Gasteiger partial charge < -0.3 is 35.6 Å². The number of aromatic nitrogens is 1. The summed E-state index contributed by atoms with van der Waals surface area (Å²) in [4.78, 5) is 75.4. The van der Waals surface area contributed by atoms with Gasteiger partial charge in [0.2, 0.25) is 23.6 Å². The summed E-state index contributed by atoms with van der Waals surface area (Å²) in [6.45, 7) is 10.6. The number of likely N-dealkylation sites (tertiary alicyclic amines) is 2. The number of rotatable bonds is 16. The van der Waals surface area contributed by atoms with Crippen LogP contribution < -0.4 is 20.7 Å². The summed E-state index contributed by atoms with van der Waals surface area (Å²) in [6.07, 6.45) is -4.15. The molecule has 0 unspecified atom stereocenters. The molecule has 4 atom stereocenters. The Bertz CT molecular complexity index is 2630. The Morgan fingerprint density at radius 3 is 2.22 bits per heavy atom. The van der Waals surface area contributed by atoms with Crippen LogP contribution in [0.15, 0.2) is 90.4 Å². The number of ether oxygens (including phenoxy) is 1. The molecular formula is C51H57F3N6O7S. The molecule has 4 N–H and O–H groups in total. The summed E-state index contributed by atoms with van der Waals surface area (Å²) < 4.78 is 44.8. The second kappa shape index (κ2) is 20.9. The predicted octanol–water partition coefficient (Wildman–Crippen LogP) is 8.20. The lowest BCUT2D eigenvalue weighted by atomic mass is 9.85. The highest BCUT2D eigenvalue weighted by Gasteiger charge is 2.45. The zero-order valence-electron chi connectivity index (χ0n) is 38.7. The highest BCUT2D eigenvalue weighted by atomic mass is 32.1. The maximum absolute atomic E-state index is 14.1. The quantitative estimate of drug-likeness (QED) is 0.0718. The van der Waals surface area contributed by atoms with Crippen LogP contribution in [0.2, 0.25) is 0 Å². The van der Waals surface area contributed by atoms with E-state index in [-0.39, 0.29) is 67.1 Å². The number of amides is 5. The molecule has 1 aromatic heterocycles. The Balaban J connectivity index is 0.819. The summed E-state index contributed by atoms with van der Waals surface area (Å²) in [5.74, 6) is -0.765. The lowest BCUT2D eigenvalue weighted by Gasteiger charge is -2.39. The summed E-state index contributed by atoms with van der Waals surface area (Å²) in [5.41, 5.74) is 3.65. The predicted molar refractivity (Wildman–Crippen MR) is 253 cm³/mol. The number of nitrogens with zero attached hydrogens (tertiary/aromatic N) is 3. The van der Waals surface area contributed by atoms with Gasteiger partial charge in [0.25, 0.3) is 5.91 Å². The summed E-state index contributed by atoms with van der Waals surface area (Å²) in [7, 11) is 0. The first-order chi connectivity index (χ1) is 32.2. The van der Waals surface area contributed by atoms with E-state index < -0.39 is 41.2 Å². The number of hydrogen-bond donors (Lipinski definition) is 4. The van der Waals surface area contributed by atoms with Crippen LogP contribution in [0.4, 0.5) is 13.2 Å². The van der Waals surface area contributed by atoms with Crippen molar-refractivity contribution in [3.63, 3.8) is 0 Å². The van der Waals surface area contributed by atoms with Crippen LogP contribution >= 0.6 is 11.3 Å². The van der Waals surface area contributed by atoms with Crippen LogP contribution in [0, 0.1) is 18.3 Å². The van der Waals surface area contributed by atoms with Gasteiger partial charge in [0.05, 0.1) is 33.8 Å². The van der Waals surface area contributed by atoms with Crippen molar-refractivity contribution in [1.29, 1.82) is 0 Å². The molecule has 2 aliphatic rings. The Morgan fingerprint density at radius 2 is 1.57 bits per heavy atom. The van der Waals surface area contributed by atoms with E-state index >= 15 is 0 Å². The van der Waals surface area contributed by atoms with E-state index in [0.29, 0.717) is 49.2 Å². The number of unbranched alkanes of at least 4 members (excludes halogenated alkanes) is 1. The minimum atomic E-state index is -4.45. The van der Waals surface area contributed by atoms with Crippen LogP contribution in [0.25, 0.3) is 21.2 Å². The number of benzene rings is 4. The highest BCUT2D eigenvalue weighted by molar-refractivity contribution is 7.13. The van der Waals surface area contributed by atoms with Crippen LogP contribution in [0.3, 0.4) is 0 Å². The van der Waals surface area contributed by atoms with E-state index in [1.165, 1.54) is 17.0 Å². The van der Waals surface area contributed by atoms with Crippen molar-refractivity contribution in [2.24, 2.45) is 11.3 Å². The molecule has 0 aliphatic carbocycles. The molecule has 0 radical (unpaired) electrons. The molecule has 17 heteroatoms. The normalized spacial score (nSPS) is 17.3. The number of aliphatic hydroxyl groups is 1. The van der Waals surface area contributed by atoms with Gasteiger partial charge in [0, 0.05) is 62.3 Å². The fourth-order valence-electron chi connectivity index (χ4n) is 8.53. The number of thiazole rings is 1. The Morgan fingerprint density at radius 1 is 0.882 bits per heavy atom. The molecule has 68 heavy (non-hydrogen) atoms. The van der Waals surface area contributed by atoms with Crippen molar-refractivity contribution < 1.29 is 47.0 Å². The van der Waals surface area contributed by atoms with Gasteiger partial charge in [-0.25, -0.2) is 4.98 Å². The van der Waals surface area contributed by atoms with Gasteiger partial charge in [-0.1, -0.05) is 57.2 Å². The molecule has 5 aromatic rings. The molecule has 7 rings (SSSR count). The fourth-order valence-corrected chi connectivity index (χ4v) is 9.34. The van der Waals surface area contributed by atoms with E-state index in [1.54, 1.807) is 52.1 Å². The standard InChI is InChI=1S/C51H57F3N6O7S/c1-30(33-13-15-34(16-14-33)45-31(2)56-29-68-45)57-47(64)41-24-38(61)28-60(41)49(66)46(50(3,4)5)58-44(63)12-7-6-11-43(62)55-25-32-26-59(27-32)48(65)36-17-22-40-35(23-36)9-8-10-42(40)67-39-20-18-37(19-21-39)51(52,53)54/h8-10,13-23,29-30,32,38,41,46,61H,6-7,11-12,24-28H2,1-5H3,(H,55,62)(H,57,64)(H,58,63)/t30-,38+,41-,46+/m0/s1. The van der Waals surface area contributed by atoms with Crippen molar-refractivity contribution in [3.05, 3.63) is 113 Å². The van der Waals surface area contributed by atoms with E-state index in [9.17, 15) is 42.3 Å². The summed E-state index contributed by atoms with van der Waals surface area (Å²) in [6, 6.07) is 20.5. The number of halogens is 3. The third-order valence-electron chi connectivity index (χ3n) is 12.4. The number of carbonyl (C=O) groups is 5. The lowest BCUT2D eigenvalue weighted by Crippen LogP contribution is -2.57. The average Bonchev–Trinajstić information content (AvgIpc) is 3.90. The van der Waals surface area contributed by atoms with E-state index in [2.05, 4.69) is 20.9 Å². The number of carbonyl (C=O) groups excluding carboxylic acids is 5. The number of alkyl halides is 3. The maximum atomic E-state index is 14.1. The van der Waals surface area contributed by atoms with Gasteiger partial charge in [-0.2, -0.15) is 13.2 Å². The molecule has 5 amide bonds. The minimum Gasteiger partial charge on any atom is -0.457 e. The van der Waals surface area contributed by atoms with E-state index in [4.69, 9.17) is 4.74 Å². The summed E-state index contributed by atoms with van der Waals surface area (Å²) in [5, 5.41) is 20.9. The smallest absolute Gasteiger partial charge is 0.416 e. The fraction of sp³-hybridized carbons (Fsp3) is 0.412. The SMILES string of the molecule is Cc1ncsc1-c1ccc([C@H](C)NC(=O)[C@@H]2C[C@@H](O)CN2C(=O)[C@@H](NC(=O)CCCCC(=O)NCC2CN(C(=O)c3ccc4c(Oc5ccc(C(F)(F)F)cc5)cccc4c3)C2)C(C)(C)C)cc1.